The van der Waals surface area contributed by atoms with Crippen LogP contribution in [-0.2, 0) is 0 Å². The van der Waals surface area contributed by atoms with Crippen LogP contribution in [0.4, 0.5) is 0 Å². The summed E-state index contributed by atoms with van der Waals surface area (Å²) < 4.78 is 5.81. The molecule has 0 spiro atoms. The van der Waals surface area contributed by atoms with Crippen molar-refractivity contribution in [2.45, 2.75) is 18.9 Å². The van der Waals surface area contributed by atoms with Crippen molar-refractivity contribution in [1.82, 2.24) is 9.88 Å². The van der Waals surface area contributed by atoms with Gasteiger partial charge in [-0.25, -0.2) is 4.98 Å². The molecule has 1 saturated heterocycles. The highest BCUT2D eigenvalue weighted by molar-refractivity contribution is 6.41. The van der Waals surface area contributed by atoms with Crippen molar-refractivity contribution in [2.75, 3.05) is 13.6 Å². The number of halogens is 2. The molecule has 17 heavy (non-hydrogen) atoms. The lowest BCUT2D eigenvalue weighted by Gasteiger charge is -2.16. The minimum atomic E-state index is 0.325. The van der Waals surface area contributed by atoms with E-state index in [1.54, 1.807) is 6.07 Å². The number of rotatable bonds is 1. The van der Waals surface area contributed by atoms with Crippen LogP contribution in [0.15, 0.2) is 16.5 Å². The van der Waals surface area contributed by atoms with Crippen LogP contribution in [0.3, 0.4) is 0 Å². The van der Waals surface area contributed by atoms with Crippen molar-refractivity contribution in [3.8, 4) is 0 Å². The zero-order chi connectivity index (χ0) is 12.0. The fraction of sp³-hybridized carbons (Fsp3) is 0.417. The summed E-state index contributed by atoms with van der Waals surface area (Å²) in [5.74, 6) is 0.950. The minimum absolute atomic E-state index is 0.325. The molecule has 5 heteroatoms. The fourth-order valence-corrected chi connectivity index (χ4v) is 2.66. The molecule has 0 radical (unpaired) electrons. The molecule has 1 aliphatic rings. The smallest absolute Gasteiger partial charge is 0.154 e. The maximum atomic E-state index is 5.92. The number of hydrogen-bond acceptors (Lipinski definition) is 3. The standard InChI is InChI=1S/C12H12Cl2N2O/c1-16-4-2-3-9(16)11-6-8-10(17-11)5-7(13)12(14)15-8/h5-6,9H,2-4H2,1H3/t9-/m0/s1. The van der Waals surface area contributed by atoms with Crippen molar-refractivity contribution < 1.29 is 4.42 Å². The molecule has 0 saturated carbocycles. The van der Waals surface area contributed by atoms with E-state index < -0.39 is 0 Å². The van der Waals surface area contributed by atoms with Gasteiger partial charge < -0.3 is 4.42 Å². The van der Waals surface area contributed by atoms with E-state index in [2.05, 4.69) is 16.9 Å². The molecule has 0 unspecified atom stereocenters. The lowest BCUT2D eigenvalue weighted by atomic mass is 10.2. The molecule has 2 aromatic heterocycles. The first-order valence-corrected chi connectivity index (χ1v) is 6.36. The first kappa shape index (κ1) is 11.3. The van der Waals surface area contributed by atoms with Gasteiger partial charge in [-0.3, -0.25) is 4.90 Å². The van der Waals surface area contributed by atoms with Gasteiger partial charge in [0.1, 0.15) is 16.4 Å². The highest BCUT2D eigenvalue weighted by atomic mass is 35.5. The van der Waals surface area contributed by atoms with E-state index in [1.165, 1.54) is 6.42 Å². The molecule has 90 valence electrons. The predicted molar refractivity (Wildman–Crippen MR) is 68.6 cm³/mol. The van der Waals surface area contributed by atoms with Crippen LogP contribution in [0.5, 0.6) is 0 Å². The largest absolute Gasteiger partial charge is 0.458 e. The Hall–Kier alpha value is -0.770. The predicted octanol–water partition coefficient (Wildman–Crippen LogP) is 3.90. The molecular weight excluding hydrogens is 259 g/mol. The second-order valence-corrected chi connectivity index (χ2v) is 5.20. The molecule has 2 aromatic rings. The van der Waals surface area contributed by atoms with Crippen LogP contribution < -0.4 is 0 Å². The molecule has 3 heterocycles. The summed E-state index contributed by atoms with van der Waals surface area (Å²) >= 11 is 11.8. The van der Waals surface area contributed by atoms with E-state index in [0.717, 1.165) is 24.2 Å². The van der Waals surface area contributed by atoms with E-state index >= 15 is 0 Å². The minimum Gasteiger partial charge on any atom is -0.458 e. The third kappa shape index (κ3) is 1.92. The molecule has 0 aromatic carbocycles. The fourth-order valence-electron chi connectivity index (χ4n) is 2.37. The lowest BCUT2D eigenvalue weighted by molar-refractivity contribution is 0.281. The Kier molecular flexibility index (Phi) is 2.77. The second kappa shape index (κ2) is 4.16. The summed E-state index contributed by atoms with van der Waals surface area (Å²) in [6, 6.07) is 4.04. The first-order valence-electron chi connectivity index (χ1n) is 5.61. The Balaban J connectivity index is 2.07. The monoisotopic (exact) mass is 270 g/mol. The summed E-state index contributed by atoms with van der Waals surface area (Å²) in [6.45, 7) is 1.11. The summed E-state index contributed by atoms with van der Waals surface area (Å²) in [6.07, 6.45) is 2.32. The van der Waals surface area contributed by atoms with Crippen molar-refractivity contribution in [3.63, 3.8) is 0 Å². The molecule has 0 bridgehead atoms. The topological polar surface area (TPSA) is 29.3 Å². The van der Waals surface area contributed by atoms with Crippen LogP contribution in [0.2, 0.25) is 10.2 Å². The summed E-state index contributed by atoms with van der Waals surface area (Å²) in [5, 5.41) is 0.756. The van der Waals surface area contributed by atoms with E-state index in [9.17, 15) is 0 Å². The van der Waals surface area contributed by atoms with Crippen molar-refractivity contribution in [1.29, 1.82) is 0 Å². The van der Waals surface area contributed by atoms with E-state index in [-0.39, 0.29) is 0 Å². The average Bonchev–Trinajstić information content (AvgIpc) is 2.85. The average molecular weight is 271 g/mol. The van der Waals surface area contributed by atoms with Gasteiger partial charge in [0.05, 0.1) is 11.1 Å². The number of fused-ring (bicyclic) bond motifs is 1. The Morgan fingerprint density at radius 3 is 2.94 bits per heavy atom. The highest BCUT2D eigenvalue weighted by Gasteiger charge is 2.26. The molecule has 1 atom stereocenters. The highest BCUT2D eigenvalue weighted by Crippen LogP contribution is 2.35. The number of pyridine rings is 1. The third-order valence-electron chi connectivity index (χ3n) is 3.28. The molecular formula is C12H12Cl2N2O. The lowest BCUT2D eigenvalue weighted by Crippen LogP contribution is -2.16. The van der Waals surface area contributed by atoms with Gasteiger partial charge in [0.15, 0.2) is 5.58 Å². The Labute approximate surface area is 109 Å². The van der Waals surface area contributed by atoms with E-state index in [1.807, 2.05) is 6.07 Å². The van der Waals surface area contributed by atoms with Crippen molar-refractivity contribution in [3.05, 3.63) is 28.1 Å². The van der Waals surface area contributed by atoms with Crippen molar-refractivity contribution in [2.24, 2.45) is 0 Å². The number of hydrogen-bond donors (Lipinski definition) is 0. The zero-order valence-corrected chi connectivity index (χ0v) is 10.9. The normalized spacial score (nSPS) is 21.5. The third-order valence-corrected chi connectivity index (χ3v) is 3.95. The maximum absolute atomic E-state index is 5.92. The Morgan fingerprint density at radius 1 is 1.41 bits per heavy atom. The quantitative estimate of drug-likeness (QED) is 0.736. The van der Waals surface area contributed by atoms with Gasteiger partial charge in [-0.1, -0.05) is 23.2 Å². The van der Waals surface area contributed by atoms with Crippen LogP contribution in [-0.4, -0.2) is 23.5 Å². The molecule has 1 fully saturated rings. The molecule has 0 amide bonds. The van der Waals surface area contributed by atoms with Gasteiger partial charge in [-0.05, 0) is 26.4 Å². The number of furan rings is 1. The van der Waals surface area contributed by atoms with Crippen LogP contribution >= 0.6 is 23.2 Å². The Bertz CT molecular complexity index is 528. The van der Waals surface area contributed by atoms with Gasteiger partial charge >= 0.3 is 0 Å². The number of likely N-dealkylation sites (tertiary alicyclic amines) is 1. The molecule has 3 nitrogen and oxygen atoms in total. The van der Waals surface area contributed by atoms with Crippen LogP contribution in [0.1, 0.15) is 24.6 Å². The summed E-state index contributed by atoms with van der Waals surface area (Å²) in [4.78, 5) is 6.51. The molecule has 1 aliphatic heterocycles. The van der Waals surface area contributed by atoms with Crippen molar-refractivity contribution >= 4 is 34.3 Å². The maximum Gasteiger partial charge on any atom is 0.154 e. The van der Waals surface area contributed by atoms with Gasteiger partial charge in [0.2, 0.25) is 0 Å². The van der Waals surface area contributed by atoms with E-state index in [0.29, 0.717) is 21.8 Å². The van der Waals surface area contributed by atoms with E-state index in [4.69, 9.17) is 27.6 Å². The number of nitrogens with zero attached hydrogens (tertiary/aromatic N) is 2. The second-order valence-electron chi connectivity index (χ2n) is 4.43. The van der Waals surface area contributed by atoms with Crippen LogP contribution in [0, 0.1) is 0 Å². The van der Waals surface area contributed by atoms with Gasteiger partial charge in [0, 0.05) is 12.1 Å². The number of aromatic nitrogens is 1. The summed E-state index contributed by atoms with van der Waals surface area (Å²) in [7, 11) is 2.11. The summed E-state index contributed by atoms with van der Waals surface area (Å²) in [5.41, 5.74) is 1.48. The van der Waals surface area contributed by atoms with Gasteiger partial charge in [-0.15, -0.1) is 0 Å². The molecule has 0 N–H and O–H groups in total. The first-order chi connectivity index (χ1) is 8.15. The molecule has 0 aliphatic carbocycles. The SMILES string of the molecule is CN1CCC[C@H]1c1cc2nc(Cl)c(Cl)cc2o1. The van der Waals surface area contributed by atoms with Gasteiger partial charge in [0.25, 0.3) is 0 Å². The Morgan fingerprint density at radius 2 is 2.24 bits per heavy atom. The van der Waals surface area contributed by atoms with Gasteiger partial charge in [-0.2, -0.15) is 0 Å². The van der Waals surface area contributed by atoms with Crippen LogP contribution in [0.25, 0.3) is 11.1 Å². The zero-order valence-electron chi connectivity index (χ0n) is 9.41. The molecule has 3 rings (SSSR count).